The molecular weight excluding hydrogens is 1090 g/mol. The van der Waals surface area contributed by atoms with Gasteiger partial charge in [-0.15, -0.1) is 0 Å². The zero-order valence-electron chi connectivity index (χ0n) is 50.7. The van der Waals surface area contributed by atoms with E-state index in [0.717, 1.165) is 89.8 Å². The molecule has 0 N–H and O–H groups in total. The molecule has 90 heavy (non-hydrogen) atoms. The topological polar surface area (TPSA) is 13.0 Å². The van der Waals surface area contributed by atoms with Crippen LogP contribution >= 0.6 is 0 Å². The van der Waals surface area contributed by atoms with Gasteiger partial charge in [-0.05, 0) is 168 Å². The van der Waals surface area contributed by atoms with E-state index in [9.17, 15) is 0 Å². The average Bonchev–Trinajstić information content (AvgIpc) is 0.816. The SMILES string of the molecule is Cc1ccc(N(c2ccc(C)cc2)c2ccc3ccc4c(N(c5ccccc5)c5c6ccccc6c(N(c6ccccc6)c6ccc7ccc8c(N(c9ccc(C)cc9)c9ccc(C)cc9)ccc9ccc6c7c98)c6ccccc56)ccc5ccc2c3c54)cc1. The molecule has 0 aliphatic carbocycles. The van der Waals surface area contributed by atoms with E-state index in [2.05, 4.69) is 351 Å². The summed E-state index contributed by atoms with van der Waals surface area (Å²) in [5.41, 5.74) is 18.3. The molecule has 0 fully saturated rings. The zero-order valence-corrected chi connectivity index (χ0v) is 50.7. The van der Waals surface area contributed by atoms with Crippen LogP contribution in [-0.4, -0.2) is 0 Å². The second-order valence-electron chi connectivity index (χ2n) is 24.3. The van der Waals surface area contributed by atoms with Crippen LogP contribution < -0.4 is 19.6 Å². The molecule has 0 aliphatic rings. The number of hydrogen-bond donors (Lipinski definition) is 0. The first-order valence-electron chi connectivity index (χ1n) is 31.2. The maximum Gasteiger partial charge on any atom is 0.0620 e. The Labute approximate surface area is 524 Å². The van der Waals surface area contributed by atoms with Crippen LogP contribution in [0.2, 0.25) is 0 Å². The molecule has 0 aliphatic heterocycles. The van der Waals surface area contributed by atoms with Crippen LogP contribution in [0.1, 0.15) is 22.3 Å². The van der Waals surface area contributed by atoms with E-state index in [4.69, 9.17) is 0 Å². The molecule has 17 rings (SSSR count). The average molecular weight is 1150 g/mol. The van der Waals surface area contributed by atoms with Gasteiger partial charge in [0.25, 0.3) is 0 Å². The summed E-state index contributed by atoms with van der Waals surface area (Å²) in [6.45, 7) is 8.62. The lowest BCUT2D eigenvalue weighted by Gasteiger charge is -2.34. The standard InChI is InChI=1S/C86H62N4/c1-55-23-39-65(40-24-55)87(66-41-25-56(2)26-42-66)77-51-35-59-33-49-75-79(53-37-61-31-47-73(77)81(59)83(61)75)89(63-15-7-5-8-16-63)85-69-19-11-13-21-71(69)86(72-22-14-12-20-70(72)85)90(64-17-9-6-10-18-64)80-54-38-62-32-48-74-78(52-36-60-34-50-76(80)84(62)82(60)74)88(67-43-27-57(3)28-44-67)68-45-29-58(4)30-46-68/h5-54H,1-4H3. The van der Waals surface area contributed by atoms with Gasteiger partial charge in [-0.2, -0.15) is 0 Å². The van der Waals surface area contributed by atoms with Gasteiger partial charge in [0.1, 0.15) is 0 Å². The summed E-state index contributed by atoms with van der Waals surface area (Å²) < 4.78 is 0. The lowest BCUT2D eigenvalue weighted by molar-refractivity contribution is 1.28. The number of nitrogens with zero attached hydrogens (tertiary/aromatic N) is 4. The number of aryl methyl sites for hydroxylation is 4. The van der Waals surface area contributed by atoms with Crippen molar-refractivity contribution in [2.24, 2.45) is 0 Å². The third kappa shape index (κ3) is 8.51. The van der Waals surface area contributed by atoms with E-state index in [1.165, 1.54) is 86.9 Å². The van der Waals surface area contributed by atoms with Gasteiger partial charge in [0.15, 0.2) is 0 Å². The van der Waals surface area contributed by atoms with Crippen molar-refractivity contribution in [2.75, 3.05) is 19.6 Å². The van der Waals surface area contributed by atoms with Gasteiger partial charge < -0.3 is 19.6 Å². The number of fused-ring (bicyclic) bond motifs is 2. The highest BCUT2D eigenvalue weighted by Crippen LogP contribution is 2.55. The summed E-state index contributed by atoms with van der Waals surface area (Å²) in [4.78, 5) is 9.94. The minimum absolute atomic E-state index is 1.08. The lowest BCUT2D eigenvalue weighted by atomic mass is 9.90. The fourth-order valence-corrected chi connectivity index (χ4v) is 14.4. The van der Waals surface area contributed by atoms with Crippen molar-refractivity contribution in [3.8, 4) is 0 Å². The number of benzene rings is 17. The summed E-state index contributed by atoms with van der Waals surface area (Å²) in [6, 6.07) is 113. The van der Waals surface area contributed by atoms with Gasteiger partial charge >= 0.3 is 0 Å². The second-order valence-corrected chi connectivity index (χ2v) is 24.3. The fourth-order valence-electron chi connectivity index (χ4n) is 14.4. The third-order valence-corrected chi connectivity index (χ3v) is 18.7. The molecule has 0 atom stereocenters. The molecule has 0 saturated carbocycles. The molecule has 0 spiro atoms. The Hall–Kier alpha value is -11.5. The van der Waals surface area contributed by atoms with E-state index in [1.807, 2.05) is 0 Å². The highest BCUT2D eigenvalue weighted by atomic mass is 15.2. The summed E-state index contributed by atoms with van der Waals surface area (Å²) >= 11 is 0. The molecule has 17 aromatic carbocycles. The van der Waals surface area contributed by atoms with Crippen LogP contribution in [0.4, 0.5) is 68.2 Å². The first-order chi connectivity index (χ1) is 44.3. The maximum atomic E-state index is 2.54. The highest BCUT2D eigenvalue weighted by Gasteiger charge is 2.29. The third-order valence-electron chi connectivity index (χ3n) is 18.7. The molecule has 4 heteroatoms. The van der Waals surface area contributed by atoms with Crippen LogP contribution in [-0.2, 0) is 0 Å². The predicted octanol–water partition coefficient (Wildman–Crippen LogP) is 24.9. The van der Waals surface area contributed by atoms with Crippen molar-refractivity contribution >= 4 is 154 Å². The van der Waals surface area contributed by atoms with E-state index in [0.29, 0.717) is 0 Å². The van der Waals surface area contributed by atoms with Crippen molar-refractivity contribution in [3.63, 3.8) is 0 Å². The second kappa shape index (κ2) is 21.2. The zero-order chi connectivity index (χ0) is 60.1. The van der Waals surface area contributed by atoms with E-state index < -0.39 is 0 Å². The molecule has 4 nitrogen and oxygen atoms in total. The van der Waals surface area contributed by atoms with Crippen molar-refractivity contribution in [2.45, 2.75) is 27.7 Å². The first kappa shape index (κ1) is 52.8. The molecule has 0 amide bonds. The number of anilines is 12. The minimum Gasteiger partial charge on any atom is -0.310 e. The normalized spacial score (nSPS) is 11.8. The van der Waals surface area contributed by atoms with Gasteiger partial charge in [0.05, 0.1) is 34.1 Å². The summed E-state index contributed by atoms with van der Waals surface area (Å²) in [6.07, 6.45) is 0. The lowest BCUT2D eigenvalue weighted by Crippen LogP contribution is -2.15. The molecule has 0 unspecified atom stereocenters. The van der Waals surface area contributed by atoms with Gasteiger partial charge in [-0.25, -0.2) is 0 Å². The van der Waals surface area contributed by atoms with Gasteiger partial charge in [-0.3, -0.25) is 0 Å². The largest absolute Gasteiger partial charge is 0.310 e. The first-order valence-corrected chi connectivity index (χ1v) is 31.2. The Morgan fingerprint density at radius 1 is 0.167 bits per heavy atom. The summed E-state index contributed by atoms with van der Waals surface area (Å²) in [5.74, 6) is 0. The van der Waals surface area contributed by atoms with Crippen molar-refractivity contribution in [1.82, 2.24) is 0 Å². The van der Waals surface area contributed by atoms with Gasteiger partial charge in [-0.1, -0.05) is 229 Å². The van der Waals surface area contributed by atoms with Crippen LogP contribution in [0.15, 0.2) is 303 Å². The molecule has 0 heterocycles. The monoisotopic (exact) mass is 1150 g/mol. The maximum absolute atomic E-state index is 2.54. The highest BCUT2D eigenvalue weighted by molar-refractivity contribution is 6.32. The number of hydrogen-bond acceptors (Lipinski definition) is 4. The van der Waals surface area contributed by atoms with Crippen LogP contribution in [0, 0.1) is 27.7 Å². The molecule has 0 radical (unpaired) electrons. The Morgan fingerprint density at radius 3 is 0.633 bits per heavy atom. The van der Waals surface area contributed by atoms with E-state index in [1.54, 1.807) is 0 Å². The van der Waals surface area contributed by atoms with E-state index in [-0.39, 0.29) is 0 Å². The van der Waals surface area contributed by atoms with Crippen LogP contribution in [0.25, 0.3) is 86.2 Å². The molecule has 0 saturated heterocycles. The fraction of sp³-hybridized carbons (Fsp3) is 0.0465. The Bertz CT molecular complexity index is 5070. The Balaban J connectivity index is 0.896. The molecule has 426 valence electrons. The van der Waals surface area contributed by atoms with Gasteiger partial charge in [0.2, 0.25) is 0 Å². The molecule has 17 aromatic rings. The molecule has 0 bridgehead atoms. The van der Waals surface area contributed by atoms with Crippen LogP contribution in [0.5, 0.6) is 0 Å². The number of rotatable bonds is 12. The van der Waals surface area contributed by atoms with Crippen molar-refractivity contribution < 1.29 is 0 Å². The smallest absolute Gasteiger partial charge is 0.0620 e. The number of para-hydroxylation sites is 2. The van der Waals surface area contributed by atoms with E-state index >= 15 is 0 Å². The quantitative estimate of drug-likeness (QED) is 0.0687. The summed E-state index contributed by atoms with van der Waals surface area (Å²) in [5, 5.41) is 19.2. The Kier molecular flexibility index (Phi) is 12.4. The predicted molar refractivity (Wildman–Crippen MR) is 387 cm³/mol. The van der Waals surface area contributed by atoms with Crippen LogP contribution in [0.3, 0.4) is 0 Å². The summed E-state index contributed by atoms with van der Waals surface area (Å²) in [7, 11) is 0. The molecular formula is C86H62N4. The van der Waals surface area contributed by atoms with Gasteiger partial charge in [0, 0.05) is 77.2 Å². The molecule has 0 aromatic heterocycles. The van der Waals surface area contributed by atoms with Crippen molar-refractivity contribution in [3.05, 3.63) is 326 Å². The van der Waals surface area contributed by atoms with Crippen molar-refractivity contribution in [1.29, 1.82) is 0 Å². The Morgan fingerprint density at radius 2 is 0.378 bits per heavy atom. The minimum atomic E-state index is 1.08.